The summed E-state index contributed by atoms with van der Waals surface area (Å²) in [6.07, 6.45) is 2.98. The van der Waals surface area contributed by atoms with Gasteiger partial charge in [0.05, 0.1) is 0 Å². The Morgan fingerprint density at radius 1 is 1.10 bits per heavy atom. The van der Waals surface area contributed by atoms with E-state index in [0.29, 0.717) is 12.8 Å². The lowest BCUT2D eigenvalue weighted by atomic mass is 9.69. The summed E-state index contributed by atoms with van der Waals surface area (Å²) in [5.74, 6) is -0.175. The first-order chi connectivity index (χ1) is 10.1. The predicted molar refractivity (Wildman–Crippen MR) is 79.7 cm³/mol. The molecule has 0 aromatic heterocycles. The zero-order valence-corrected chi connectivity index (χ0v) is 12.2. The van der Waals surface area contributed by atoms with Crippen LogP contribution < -0.4 is 16.0 Å². The van der Waals surface area contributed by atoms with Crippen LogP contribution in [0, 0.1) is 0 Å². The lowest BCUT2D eigenvalue weighted by Gasteiger charge is -2.44. The van der Waals surface area contributed by atoms with E-state index >= 15 is 0 Å². The number of hydrogen-bond acceptors (Lipinski definition) is 3. The van der Waals surface area contributed by atoms with E-state index in [0.717, 1.165) is 19.4 Å². The molecule has 3 rings (SSSR count). The van der Waals surface area contributed by atoms with E-state index in [9.17, 15) is 9.59 Å². The maximum atomic E-state index is 12.1. The number of hydrogen-bond donors (Lipinski definition) is 3. The number of rotatable bonds is 3. The van der Waals surface area contributed by atoms with Gasteiger partial charge in [-0.1, -0.05) is 37.3 Å². The number of imide groups is 1. The van der Waals surface area contributed by atoms with Gasteiger partial charge in [-0.3, -0.25) is 10.1 Å². The Kier molecular flexibility index (Phi) is 3.45. The van der Waals surface area contributed by atoms with Crippen LogP contribution >= 0.6 is 0 Å². The normalized spacial score (nSPS) is 32.0. The van der Waals surface area contributed by atoms with Crippen LogP contribution in [0.25, 0.3) is 0 Å². The van der Waals surface area contributed by atoms with Crippen LogP contribution in [-0.4, -0.2) is 24.0 Å². The highest BCUT2D eigenvalue weighted by Crippen LogP contribution is 2.42. The molecule has 3 amide bonds. The molecule has 0 radical (unpaired) electrons. The average molecular weight is 287 g/mol. The Morgan fingerprint density at radius 2 is 1.76 bits per heavy atom. The first-order valence-electron chi connectivity index (χ1n) is 7.54. The summed E-state index contributed by atoms with van der Waals surface area (Å²) in [7, 11) is 0. The fourth-order valence-corrected chi connectivity index (χ4v) is 3.65. The van der Waals surface area contributed by atoms with Gasteiger partial charge in [0, 0.05) is 5.54 Å². The summed E-state index contributed by atoms with van der Waals surface area (Å²) in [5.41, 5.74) is 0.450. The van der Waals surface area contributed by atoms with Crippen molar-refractivity contribution in [3.8, 4) is 0 Å². The van der Waals surface area contributed by atoms with Gasteiger partial charge >= 0.3 is 6.03 Å². The van der Waals surface area contributed by atoms with Crippen molar-refractivity contribution in [2.24, 2.45) is 0 Å². The standard InChI is InChI=1S/C16H21N3O2/c1-2-17-15(12-6-4-3-5-7-12)8-10-16(11-9-15)13(20)18-14(21)19-16/h3-7,17H,2,8-11H2,1H3,(H2,18,19,20,21). The summed E-state index contributed by atoms with van der Waals surface area (Å²) in [5, 5.41) is 8.79. The van der Waals surface area contributed by atoms with Crippen molar-refractivity contribution in [1.29, 1.82) is 0 Å². The highest BCUT2D eigenvalue weighted by Gasteiger charge is 2.51. The average Bonchev–Trinajstić information content (AvgIpc) is 2.77. The second-order valence-electron chi connectivity index (χ2n) is 5.97. The molecule has 1 aliphatic heterocycles. The minimum Gasteiger partial charge on any atom is -0.323 e. The molecule has 1 aromatic carbocycles. The van der Waals surface area contributed by atoms with Gasteiger partial charge < -0.3 is 10.6 Å². The Labute approximate surface area is 124 Å². The molecule has 3 N–H and O–H groups in total. The highest BCUT2D eigenvalue weighted by molar-refractivity contribution is 6.07. The number of urea groups is 1. The molecule has 2 aliphatic rings. The molecule has 5 nitrogen and oxygen atoms in total. The van der Waals surface area contributed by atoms with Crippen LogP contribution in [0.3, 0.4) is 0 Å². The number of amides is 3. The first kappa shape index (κ1) is 14.1. The summed E-state index contributed by atoms with van der Waals surface area (Å²) >= 11 is 0. The molecule has 21 heavy (non-hydrogen) atoms. The highest BCUT2D eigenvalue weighted by atomic mass is 16.2. The lowest BCUT2D eigenvalue weighted by molar-refractivity contribution is -0.125. The minimum absolute atomic E-state index is 0.102. The van der Waals surface area contributed by atoms with Gasteiger partial charge in [0.25, 0.3) is 5.91 Å². The van der Waals surface area contributed by atoms with E-state index in [4.69, 9.17) is 0 Å². The number of carbonyl (C=O) groups excluding carboxylic acids is 2. The smallest absolute Gasteiger partial charge is 0.322 e. The summed E-state index contributed by atoms with van der Waals surface area (Å²) in [4.78, 5) is 23.5. The van der Waals surface area contributed by atoms with Crippen molar-refractivity contribution in [1.82, 2.24) is 16.0 Å². The molecule has 0 atom stereocenters. The van der Waals surface area contributed by atoms with E-state index in [1.807, 2.05) is 18.2 Å². The maximum Gasteiger partial charge on any atom is 0.322 e. The summed E-state index contributed by atoms with van der Waals surface area (Å²) in [6, 6.07) is 10.0. The van der Waals surface area contributed by atoms with Crippen molar-refractivity contribution in [3.63, 3.8) is 0 Å². The van der Waals surface area contributed by atoms with E-state index in [-0.39, 0.29) is 17.5 Å². The molecule has 112 valence electrons. The summed E-state index contributed by atoms with van der Waals surface area (Å²) in [6.45, 7) is 2.97. The molecule has 2 fully saturated rings. The number of nitrogens with one attached hydrogen (secondary N) is 3. The van der Waals surface area contributed by atoms with Crippen molar-refractivity contribution in [3.05, 3.63) is 35.9 Å². The molecule has 1 heterocycles. The van der Waals surface area contributed by atoms with Crippen molar-refractivity contribution < 1.29 is 9.59 Å². The van der Waals surface area contributed by atoms with Gasteiger partial charge in [-0.15, -0.1) is 0 Å². The van der Waals surface area contributed by atoms with Gasteiger partial charge in [-0.2, -0.15) is 0 Å². The number of carbonyl (C=O) groups is 2. The Bertz CT molecular complexity index is 548. The third-order valence-electron chi connectivity index (χ3n) is 4.81. The minimum atomic E-state index is -0.704. The summed E-state index contributed by atoms with van der Waals surface area (Å²) < 4.78 is 0. The fourth-order valence-electron chi connectivity index (χ4n) is 3.65. The maximum absolute atomic E-state index is 12.1. The molecule has 1 saturated carbocycles. The van der Waals surface area contributed by atoms with Crippen molar-refractivity contribution in [2.75, 3.05) is 6.54 Å². The van der Waals surface area contributed by atoms with Crippen LogP contribution in [-0.2, 0) is 10.3 Å². The number of benzene rings is 1. The molecule has 1 aromatic rings. The molecule has 1 saturated heterocycles. The van der Waals surface area contributed by atoms with Crippen LogP contribution in [0.5, 0.6) is 0 Å². The molecule has 1 spiro atoms. The molecule has 0 bridgehead atoms. The first-order valence-corrected chi connectivity index (χ1v) is 7.54. The third-order valence-corrected chi connectivity index (χ3v) is 4.81. The van der Waals surface area contributed by atoms with Crippen LogP contribution in [0.1, 0.15) is 38.2 Å². The molecule has 1 aliphatic carbocycles. The Morgan fingerprint density at radius 3 is 2.29 bits per heavy atom. The molecular formula is C16H21N3O2. The molecule has 0 unspecified atom stereocenters. The fraction of sp³-hybridized carbons (Fsp3) is 0.500. The zero-order chi connectivity index (χ0) is 14.9. The van der Waals surface area contributed by atoms with Gasteiger partial charge in [-0.05, 0) is 37.8 Å². The van der Waals surface area contributed by atoms with Crippen LogP contribution in [0.2, 0.25) is 0 Å². The van der Waals surface area contributed by atoms with E-state index in [1.54, 1.807) is 0 Å². The van der Waals surface area contributed by atoms with Gasteiger partial charge in [0.15, 0.2) is 0 Å². The Hall–Kier alpha value is -1.88. The quantitative estimate of drug-likeness (QED) is 0.740. The van der Waals surface area contributed by atoms with Gasteiger partial charge in [-0.25, -0.2) is 4.79 Å². The van der Waals surface area contributed by atoms with Crippen LogP contribution in [0.4, 0.5) is 4.79 Å². The lowest BCUT2D eigenvalue weighted by Crippen LogP contribution is -2.56. The third kappa shape index (κ3) is 2.31. The molecule has 5 heteroatoms. The Balaban J connectivity index is 1.84. The van der Waals surface area contributed by atoms with E-state index in [2.05, 4.69) is 35.0 Å². The topological polar surface area (TPSA) is 70.2 Å². The van der Waals surface area contributed by atoms with E-state index in [1.165, 1.54) is 5.56 Å². The zero-order valence-electron chi connectivity index (χ0n) is 12.2. The van der Waals surface area contributed by atoms with Crippen LogP contribution in [0.15, 0.2) is 30.3 Å². The van der Waals surface area contributed by atoms with E-state index < -0.39 is 5.54 Å². The SMILES string of the molecule is CCNC1(c2ccccc2)CCC2(CC1)NC(=O)NC2=O. The molecular weight excluding hydrogens is 266 g/mol. The second-order valence-corrected chi connectivity index (χ2v) is 5.97. The second kappa shape index (κ2) is 5.15. The largest absolute Gasteiger partial charge is 0.323 e. The van der Waals surface area contributed by atoms with Gasteiger partial charge in [0.1, 0.15) is 5.54 Å². The van der Waals surface area contributed by atoms with Gasteiger partial charge in [0.2, 0.25) is 0 Å². The van der Waals surface area contributed by atoms with Crippen molar-refractivity contribution >= 4 is 11.9 Å². The monoisotopic (exact) mass is 287 g/mol. The predicted octanol–water partition coefficient (Wildman–Crippen LogP) is 1.64. The van der Waals surface area contributed by atoms with Crippen molar-refractivity contribution in [2.45, 2.75) is 43.7 Å².